The molecule has 0 saturated heterocycles. The molecule has 0 aliphatic heterocycles. The van der Waals surface area contributed by atoms with Crippen LogP contribution in [-0.4, -0.2) is 20.6 Å². The van der Waals surface area contributed by atoms with E-state index in [0.29, 0.717) is 12.1 Å². The molecule has 2 aromatic rings. The maximum atomic E-state index is 13.2. The largest absolute Gasteiger partial charge is 0.409 e. The van der Waals surface area contributed by atoms with Gasteiger partial charge in [0.25, 0.3) is 0 Å². The van der Waals surface area contributed by atoms with Gasteiger partial charge in [0, 0.05) is 24.5 Å². The Balaban J connectivity index is 2.42. The van der Waals surface area contributed by atoms with Crippen LogP contribution < -0.4 is 5.73 Å². The molecule has 0 amide bonds. The third-order valence-corrected chi connectivity index (χ3v) is 2.72. The molecule has 0 aliphatic rings. The van der Waals surface area contributed by atoms with Crippen LogP contribution in [0.4, 0.5) is 4.39 Å². The van der Waals surface area contributed by atoms with E-state index >= 15 is 0 Å². The standard InChI is InChI=1S/C12H13FN4O/c1-8-15-4-5-17(8)7-9-2-3-10(13)6-11(9)12(14)16-18/h2-6,18H,7H2,1H3,(H2,14,16). The fourth-order valence-electron chi connectivity index (χ4n) is 1.73. The van der Waals surface area contributed by atoms with Gasteiger partial charge in [-0.3, -0.25) is 0 Å². The number of rotatable bonds is 3. The Kier molecular flexibility index (Phi) is 3.27. The molecule has 18 heavy (non-hydrogen) atoms. The summed E-state index contributed by atoms with van der Waals surface area (Å²) in [6.07, 6.45) is 3.50. The highest BCUT2D eigenvalue weighted by Crippen LogP contribution is 2.13. The normalized spacial score (nSPS) is 11.8. The SMILES string of the molecule is Cc1nccn1Cc1ccc(F)cc1C(N)=NO. The van der Waals surface area contributed by atoms with Crippen molar-refractivity contribution in [2.75, 3.05) is 0 Å². The second-order valence-corrected chi connectivity index (χ2v) is 3.89. The molecule has 0 aliphatic carbocycles. The Morgan fingerprint density at radius 3 is 2.94 bits per heavy atom. The highest BCUT2D eigenvalue weighted by atomic mass is 19.1. The lowest BCUT2D eigenvalue weighted by Crippen LogP contribution is -2.17. The van der Waals surface area contributed by atoms with Crippen LogP contribution in [0.3, 0.4) is 0 Å². The van der Waals surface area contributed by atoms with Gasteiger partial charge >= 0.3 is 0 Å². The smallest absolute Gasteiger partial charge is 0.170 e. The van der Waals surface area contributed by atoms with E-state index in [1.165, 1.54) is 12.1 Å². The van der Waals surface area contributed by atoms with Gasteiger partial charge in [0.05, 0.1) is 0 Å². The van der Waals surface area contributed by atoms with Crippen LogP contribution in [0.2, 0.25) is 0 Å². The van der Waals surface area contributed by atoms with Gasteiger partial charge in [0.15, 0.2) is 5.84 Å². The van der Waals surface area contributed by atoms with Crippen LogP contribution in [0, 0.1) is 12.7 Å². The zero-order chi connectivity index (χ0) is 13.1. The van der Waals surface area contributed by atoms with E-state index in [4.69, 9.17) is 10.9 Å². The molecule has 0 unspecified atom stereocenters. The first kappa shape index (κ1) is 12.1. The summed E-state index contributed by atoms with van der Waals surface area (Å²) in [6.45, 7) is 2.35. The van der Waals surface area contributed by atoms with Crippen molar-refractivity contribution in [3.63, 3.8) is 0 Å². The lowest BCUT2D eigenvalue weighted by Gasteiger charge is -2.10. The maximum Gasteiger partial charge on any atom is 0.170 e. The Morgan fingerprint density at radius 2 is 2.33 bits per heavy atom. The van der Waals surface area contributed by atoms with E-state index in [1.54, 1.807) is 12.3 Å². The van der Waals surface area contributed by atoms with Crippen molar-refractivity contribution in [3.05, 3.63) is 53.4 Å². The summed E-state index contributed by atoms with van der Waals surface area (Å²) in [5, 5.41) is 11.6. The third kappa shape index (κ3) is 2.32. The molecule has 5 nitrogen and oxygen atoms in total. The molecule has 0 fully saturated rings. The molecule has 0 spiro atoms. The molecule has 0 saturated carbocycles. The van der Waals surface area contributed by atoms with Crippen LogP contribution >= 0.6 is 0 Å². The molecule has 1 aromatic heterocycles. The topological polar surface area (TPSA) is 76.4 Å². The highest BCUT2D eigenvalue weighted by molar-refractivity contribution is 5.98. The van der Waals surface area contributed by atoms with E-state index in [9.17, 15) is 4.39 Å². The van der Waals surface area contributed by atoms with Gasteiger partial charge in [-0.15, -0.1) is 0 Å². The maximum absolute atomic E-state index is 13.2. The summed E-state index contributed by atoms with van der Waals surface area (Å²) in [5.41, 5.74) is 6.68. The average molecular weight is 248 g/mol. The Bertz CT molecular complexity index is 592. The molecular formula is C12H13FN4O. The molecule has 1 heterocycles. The van der Waals surface area contributed by atoms with Crippen molar-refractivity contribution in [3.8, 4) is 0 Å². The van der Waals surface area contributed by atoms with E-state index < -0.39 is 5.82 Å². The quantitative estimate of drug-likeness (QED) is 0.374. The van der Waals surface area contributed by atoms with Gasteiger partial charge in [0.1, 0.15) is 11.6 Å². The minimum absolute atomic E-state index is 0.109. The van der Waals surface area contributed by atoms with Gasteiger partial charge in [-0.2, -0.15) is 0 Å². The van der Waals surface area contributed by atoms with Crippen molar-refractivity contribution in [2.24, 2.45) is 10.9 Å². The summed E-state index contributed by atoms with van der Waals surface area (Å²) < 4.78 is 15.1. The number of oxime groups is 1. The van der Waals surface area contributed by atoms with Gasteiger partial charge in [-0.05, 0) is 24.6 Å². The molecular weight excluding hydrogens is 235 g/mol. The first-order valence-electron chi connectivity index (χ1n) is 5.36. The first-order chi connectivity index (χ1) is 8.61. The number of amidine groups is 1. The number of nitrogens with zero attached hydrogens (tertiary/aromatic N) is 3. The number of benzene rings is 1. The van der Waals surface area contributed by atoms with Crippen molar-refractivity contribution >= 4 is 5.84 Å². The van der Waals surface area contributed by atoms with E-state index in [1.807, 2.05) is 17.7 Å². The minimum atomic E-state index is -0.428. The first-order valence-corrected chi connectivity index (χ1v) is 5.36. The number of halogens is 1. The number of imidazole rings is 1. The average Bonchev–Trinajstić information content (AvgIpc) is 2.76. The van der Waals surface area contributed by atoms with Gasteiger partial charge in [0.2, 0.25) is 0 Å². The fourth-order valence-corrected chi connectivity index (χ4v) is 1.73. The zero-order valence-corrected chi connectivity index (χ0v) is 9.84. The second kappa shape index (κ2) is 4.87. The number of nitrogens with two attached hydrogens (primary N) is 1. The van der Waals surface area contributed by atoms with Gasteiger partial charge in [-0.1, -0.05) is 11.2 Å². The van der Waals surface area contributed by atoms with Gasteiger partial charge in [-0.25, -0.2) is 9.37 Å². The molecule has 0 atom stereocenters. The van der Waals surface area contributed by atoms with Gasteiger partial charge < -0.3 is 15.5 Å². The number of aryl methyl sites for hydroxylation is 1. The summed E-state index contributed by atoms with van der Waals surface area (Å²) in [4.78, 5) is 4.10. The van der Waals surface area contributed by atoms with Crippen LogP contribution in [0.15, 0.2) is 35.7 Å². The molecule has 94 valence electrons. The number of hydrogen-bond donors (Lipinski definition) is 2. The number of aromatic nitrogens is 2. The third-order valence-electron chi connectivity index (χ3n) is 2.72. The Labute approximate surface area is 103 Å². The van der Waals surface area contributed by atoms with Crippen LogP contribution in [0.25, 0.3) is 0 Å². The zero-order valence-electron chi connectivity index (χ0n) is 9.84. The fraction of sp³-hybridized carbons (Fsp3) is 0.167. The van der Waals surface area contributed by atoms with Crippen LogP contribution in [0.5, 0.6) is 0 Å². The summed E-state index contributed by atoms with van der Waals surface area (Å²) >= 11 is 0. The van der Waals surface area contributed by atoms with Crippen LogP contribution in [-0.2, 0) is 6.54 Å². The van der Waals surface area contributed by atoms with Crippen molar-refractivity contribution in [1.29, 1.82) is 0 Å². The molecule has 3 N–H and O–H groups in total. The minimum Gasteiger partial charge on any atom is -0.409 e. The van der Waals surface area contributed by atoms with Crippen molar-refractivity contribution < 1.29 is 9.60 Å². The lowest BCUT2D eigenvalue weighted by atomic mass is 10.1. The Morgan fingerprint density at radius 1 is 1.56 bits per heavy atom. The van der Waals surface area contributed by atoms with E-state index in [0.717, 1.165) is 11.4 Å². The predicted molar refractivity (Wildman–Crippen MR) is 65.0 cm³/mol. The summed E-state index contributed by atoms with van der Waals surface area (Å²) in [7, 11) is 0. The molecule has 6 heteroatoms. The lowest BCUT2D eigenvalue weighted by molar-refractivity contribution is 0.318. The molecule has 1 aromatic carbocycles. The predicted octanol–water partition coefficient (Wildman–Crippen LogP) is 1.47. The molecule has 0 radical (unpaired) electrons. The number of hydrogen-bond acceptors (Lipinski definition) is 3. The summed E-state index contributed by atoms with van der Waals surface area (Å²) in [6, 6.07) is 4.20. The molecule has 2 rings (SSSR count). The summed E-state index contributed by atoms with van der Waals surface area (Å²) in [5.74, 6) is 0.301. The van der Waals surface area contributed by atoms with Crippen molar-refractivity contribution in [1.82, 2.24) is 9.55 Å². The highest BCUT2D eigenvalue weighted by Gasteiger charge is 2.10. The monoisotopic (exact) mass is 248 g/mol. The van der Waals surface area contributed by atoms with E-state index in [2.05, 4.69) is 10.1 Å². The van der Waals surface area contributed by atoms with E-state index in [-0.39, 0.29) is 5.84 Å². The van der Waals surface area contributed by atoms with Crippen molar-refractivity contribution in [2.45, 2.75) is 13.5 Å². The van der Waals surface area contributed by atoms with Crippen LogP contribution in [0.1, 0.15) is 17.0 Å². The second-order valence-electron chi connectivity index (χ2n) is 3.89. The Hall–Kier alpha value is -2.37. The molecule has 0 bridgehead atoms.